The molecule has 0 atom stereocenters. The predicted molar refractivity (Wildman–Crippen MR) is 92.1 cm³/mol. The van der Waals surface area contributed by atoms with E-state index in [0.29, 0.717) is 13.2 Å². The van der Waals surface area contributed by atoms with Crippen molar-refractivity contribution in [1.29, 1.82) is 0 Å². The summed E-state index contributed by atoms with van der Waals surface area (Å²) in [7, 11) is 0. The molecule has 0 bridgehead atoms. The smallest absolute Gasteiger partial charge is 0.0431 e. The van der Waals surface area contributed by atoms with Crippen LogP contribution < -0.4 is 0 Å². The van der Waals surface area contributed by atoms with Gasteiger partial charge in [-0.25, -0.2) is 0 Å². The summed E-state index contributed by atoms with van der Waals surface area (Å²) in [5, 5.41) is 17.0. The number of rotatable bonds is 9. The van der Waals surface area contributed by atoms with Gasteiger partial charge >= 0.3 is 0 Å². The van der Waals surface area contributed by atoms with Crippen LogP contribution in [-0.4, -0.2) is 23.4 Å². The van der Waals surface area contributed by atoms with Gasteiger partial charge < -0.3 is 10.2 Å². The van der Waals surface area contributed by atoms with Crippen molar-refractivity contribution in [1.82, 2.24) is 0 Å². The Hall–Kier alpha value is -0.600. The molecule has 0 heterocycles. The molecule has 0 fully saturated rings. The lowest BCUT2D eigenvalue weighted by Gasteiger charge is -1.99. The van der Waals surface area contributed by atoms with Gasteiger partial charge in [-0.3, -0.25) is 0 Å². The zero-order chi connectivity index (χ0) is 16.2. The Balaban J connectivity index is -0.000000297. The second kappa shape index (κ2) is 23.5. The van der Waals surface area contributed by atoms with Crippen molar-refractivity contribution in [2.75, 3.05) is 13.2 Å². The maximum absolute atomic E-state index is 8.51. The second-order valence-electron chi connectivity index (χ2n) is 5.69. The third-order valence-corrected chi connectivity index (χ3v) is 2.07. The summed E-state index contributed by atoms with van der Waals surface area (Å²) in [4.78, 5) is 0. The quantitative estimate of drug-likeness (QED) is 0.448. The van der Waals surface area contributed by atoms with Crippen molar-refractivity contribution in [3.05, 3.63) is 24.3 Å². The normalized spacial score (nSPS) is 8.90. The number of aliphatic hydroxyl groups excluding tert-OH is 2. The average molecular weight is 286 g/mol. The molecule has 0 spiro atoms. The highest BCUT2D eigenvalue weighted by molar-refractivity contribution is 4.79. The lowest BCUT2D eigenvalue weighted by molar-refractivity contribution is 0.279. The molecule has 0 aliphatic rings. The van der Waals surface area contributed by atoms with Crippen LogP contribution in [0.4, 0.5) is 0 Å². The first-order chi connectivity index (χ1) is 9.38. The molecule has 0 aromatic carbocycles. The summed E-state index contributed by atoms with van der Waals surface area (Å²) in [6.45, 7) is 15.7. The van der Waals surface area contributed by atoms with E-state index >= 15 is 0 Å². The van der Waals surface area contributed by atoms with E-state index in [0.717, 1.165) is 25.7 Å². The Bertz CT molecular complexity index is 168. The van der Waals surface area contributed by atoms with Crippen molar-refractivity contribution >= 4 is 0 Å². The van der Waals surface area contributed by atoms with Gasteiger partial charge in [0.05, 0.1) is 0 Å². The topological polar surface area (TPSA) is 40.5 Å². The van der Waals surface area contributed by atoms with E-state index in [-0.39, 0.29) is 0 Å². The lowest BCUT2D eigenvalue weighted by atomic mass is 10.1. The zero-order valence-electron chi connectivity index (χ0n) is 14.4. The minimum absolute atomic E-state index is 0.338. The van der Waals surface area contributed by atoms with Crippen LogP contribution in [0.15, 0.2) is 24.3 Å². The average Bonchev–Trinajstić information content (AvgIpc) is 2.31. The van der Waals surface area contributed by atoms with Gasteiger partial charge in [-0.15, -0.1) is 13.2 Å². The van der Waals surface area contributed by atoms with Gasteiger partial charge in [0.2, 0.25) is 0 Å². The molecule has 2 N–H and O–H groups in total. The molecule has 122 valence electrons. The predicted octanol–water partition coefficient (Wildman–Crippen LogP) is 5.26. The Kier molecular flexibility index (Phi) is 28.7. The van der Waals surface area contributed by atoms with Crippen molar-refractivity contribution in [2.45, 2.75) is 79.1 Å². The molecule has 0 aromatic heterocycles. The summed E-state index contributed by atoms with van der Waals surface area (Å²) in [5.74, 6) is 0. The molecule has 0 aliphatic heterocycles. The van der Waals surface area contributed by atoms with E-state index in [2.05, 4.69) is 13.2 Å². The number of hydrogen-bond donors (Lipinski definition) is 2. The van der Waals surface area contributed by atoms with Crippen molar-refractivity contribution in [3.8, 4) is 0 Å². The van der Waals surface area contributed by atoms with Crippen LogP contribution in [0.2, 0.25) is 0 Å². The van der Waals surface area contributed by atoms with Gasteiger partial charge in [0.1, 0.15) is 0 Å². The first-order valence-corrected chi connectivity index (χ1v) is 7.84. The summed E-state index contributed by atoms with van der Waals surface area (Å²) in [6.07, 6.45) is 9.30. The number of unbranched alkanes of at least 4 members (excludes halogenated alkanes) is 7. The standard InChI is InChI=1S/C10H22O2.2C4H8/c11-9-7-5-3-1-2-4-6-8-10-12;2*1-4(2)3/h11-12H,1-10H2;2*1H2,2-3H3. The number of hydrogen-bond acceptors (Lipinski definition) is 2. The molecule has 0 rings (SSSR count). The maximum Gasteiger partial charge on any atom is 0.0431 e. The van der Waals surface area contributed by atoms with Crippen molar-refractivity contribution in [2.24, 2.45) is 0 Å². The van der Waals surface area contributed by atoms with E-state index in [1.54, 1.807) is 0 Å². The van der Waals surface area contributed by atoms with E-state index in [4.69, 9.17) is 10.2 Å². The molecule has 0 saturated heterocycles. The Morgan fingerprint density at radius 2 is 0.700 bits per heavy atom. The minimum atomic E-state index is 0.338. The van der Waals surface area contributed by atoms with Gasteiger partial charge in [0.15, 0.2) is 0 Å². The maximum atomic E-state index is 8.51. The molecule has 0 aromatic rings. The molecular formula is C18H38O2. The molecular weight excluding hydrogens is 248 g/mol. The van der Waals surface area contributed by atoms with Crippen LogP contribution >= 0.6 is 0 Å². The Morgan fingerprint density at radius 1 is 0.550 bits per heavy atom. The van der Waals surface area contributed by atoms with Crippen LogP contribution in [0.1, 0.15) is 79.1 Å². The fourth-order valence-corrected chi connectivity index (χ4v) is 1.28. The molecule has 0 amide bonds. The van der Waals surface area contributed by atoms with Gasteiger partial charge in [0.25, 0.3) is 0 Å². The van der Waals surface area contributed by atoms with Crippen molar-refractivity contribution < 1.29 is 10.2 Å². The summed E-state index contributed by atoms with van der Waals surface area (Å²) in [5.41, 5.74) is 2.33. The molecule has 0 radical (unpaired) electrons. The third kappa shape index (κ3) is 66.3. The van der Waals surface area contributed by atoms with Gasteiger partial charge in [-0.05, 0) is 40.5 Å². The van der Waals surface area contributed by atoms with Crippen LogP contribution in [-0.2, 0) is 0 Å². The first kappa shape index (κ1) is 24.4. The highest BCUT2D eigenvalue weighted by atomic mass is 16.3. The summed E-state index contributed by atoms with van der Waals surface area (Å²) in [6, 6.07) is 0. The number of allylic oxidation sites excluding steroid dienone is 2. The molecule has 0 unspecified atom stereocenters. The highest BCUT2D eigenvalue weighted by Gasteiger charge is 1.90. The minimum Gasteiger partial charge on any atom is -0.396 e. The third-order valence-electron chi connectivity index (χ3n) is 2.07. The van der Waals surface area contributed by atoms with Crippen LogP contribution in [0.25, 0.3) is 0 Å². The summed E-state index contributed by atoms with van der Waals surface area (Å²) >= 11 is 0. The van der Waals surface area contributed by atoms with Gasteiger partial charge in [0, 0.05) is 13.2 Å². The van der Waals surface area contributed by atoms with Crippen LogP contribution in [0.5, 0.6) is 0 Å². The van der Waals surface area contributed by atoms with Crippen molar-refractivity contribution in [3.63, 3.8) is 0 Å². The van der Waals surface area contributed by atoms with Crippen LogP contribution in [0, 0.1) is 0 Å². The van der Waals surface area contributed by atoms with E-state index < -0.39 is 0 Å². The van der Waals surface area contributed by atoms with E-state index in [1.165, 1.54) is 36.8 Å². The Morgan fingerprint density at radius 3 is 0.850 bits per heavy atom. The van der Waals surface area contributed by atoms with E-state index in [9.17, 15) is 0 Å². The van der Waals surface area contributed by atoms with Gasteiger partial charge in [-0.1, -0.05) is 49.7 Å². The van der Waals surface area contributed by atoms with E-state index in [1.807, 2.05) is 27.7 Å². The van der Waals surface area contributed by atoms with Gasteiger partial charge in [-0.2, -0.15) is 0 Å². The molecule has 0 aliphatic carbocycles. The van der Waals surface area contributed by atoms with Crippen LogP contribution in [0.3, 0.4) is 0 Å². The molecule has 20 heavy (non-hydrogen) atoms. The lowest BCUT2D eigenvalue weighted by Crippen LogP contribution is -1.85. The fourth-order valence-electron chi connectivity index (χ4n) is 1.28. The fraction of sp³-hybridized carbons (Fsp3) is 0.778. The number of aliphatic hydroxyl groups is 2. The Labute approximate surface area is 127 Å². The molecule has 2 nitrogen and oxygen atoms in total. The summed E-state index contributed by atoms with van der Waals surface area (Å²) < 4.78 is 0. The highest BCUT2D eigenvalue weighted by Crippen LogP contribution is 2.07. The first-order valence-electron chi connectivity index (χ1n) is 7.84. The second-order valence-corrected chi connectivity index (χ2v) is 5.69. The molecule has 0 saturated carbocycles. The monoisotopic (exact) mass is 286 g/mol. The molecule has 2 heteroatoms. The zero-order valence-corrected chi connectivity index (χ0v) is 14.4. The SMILES string of the molecule is C=C(C)C.C=C(C)C.OCCCCCCCCCCO. The largest absolute Gasteiger partial charge is 0.396 e.